The second kappa shape index (κ2) is 10.3. The van der Waals surface area contributed by atoms with Gasteiger partial charge in [0.2, 0.25) is 5.88 Å². The Morgan fingerprint density at radius 2 is 1.94 bits per heavy atom. The van der Waals surface area contributed by atoms with E-state index in [2.05, 4.69) is 20.5 Å². The number of aromatic nitrogens is 3. The Kier molecular flexibility index (Phi) is 7.36. The van der Waals surface area contributed by atoms with Gasteiger partial charge in [0, 0.05) is 30.2 Å². The van der Waals surface area contributed by atoms with Gasteiger partial charge < -0.3 is 15.2 Å². The summed E-state index contributed by atoms with van der Waals surface area (Å²) in [5, 5.41) is 18.7. The maximum atomic E-state index is 15.5. The number of nitrogens with zero attached hydrogens (tertiary/aromatic N) is 2. The Balaban J connectivity index is 1.76. The second-order valence-electron chi connectivity index (χ2n) is 7.47. The molecule has 2 aromatic heterocycles. The molecule has 0 amide bonds. The van der Waals surface area contributed by atoms with Gasteiger partial charge in [0.05, 0.1) is 35.7 Å². The number of fused-ring (bicyclic) bond motifs is 1. The van der Waals surface area contributed by atoms with Crippen molar-refractivity contribution in [2.75, 3.05) is 25.0 Å². The van der Waals surface area contributed by atoms with Gasteiger partial charge >= 0.3 is 0 Å². The van der Waals surface area contributed by atoms with E-state index in [9.17, 15) is 12.8 Å². The van der Waals surface area contributed by atoms with E-state index in [0.717, 1.165) is 18.2 Å². The Hall–Kier alpha value is -3.39. The molecular formula is C22H19ClF3N5O4S. The molecule has 0 bridgehead atoms. The number of sulfonamides is 1. The van der Waals surface area contributed by atoms with Gasteiger partial charge in [0.25, 0.3) is 10.0 Å². The van der Waals surface area contributed by atoms with E-state index in [0.29, 0.717) is 17.6 Å². The fraction of sp³-hybridized carbons (Fsp3) is 0.182. The van der Waals surface area contributed by atoms with Gasteiger partial charge in [-0.25, -0.2) is 26.6 Å². The van der Waals surface area contributed by atoms with Gasteiger partial charge in [0.15, 0.2) is 16.5 Å². The number of halogens is 4. The molecule has 2 aromatic carbocycles. The number of hydrogen-bond donors (Lipinski definition) is 4. The second-order valence-corrected chi connectivity index (χ2v) is 9.56. The first-order chi connectivity index (χ1) is 17.2. The molecule has 0 fully saturated rings. The molecule has 0 radical (unpaired) electrons. The molecule has 0 atom stereocenters. The summed E-state index contributed by atoms with van der Waals surface area (Å²) in [6, 6.07) is 5.34. The zero-order valence-electron chi connectivity index (χ0n) is 18.6. The summed E-state index contributed by atoms with van der Waals surface area (Å²) in [6.07, 6.45) is 1.17. The molecule has 0 aliphatic heterocycles. The summed E-state index contributed by atoms with van der Waals surface area (Å²) in [5.41, 5.74) is -1.51. The van der Waals surface area contributed by atoms with Crippen molar-refractivity contribution in [1.29, 1.82) is 0 Å². The summed E-state index contributed by atoms with van der Waals surface area (Å²) in [5.74, 6) is -3.73. The van der Waals surface area contributed by atoms with Crippen molar-refractivity contribution in [2.24, 2.45) is 0 Å². The number of hydrogen-bond acceptors (Lipinski definition) is 7. The highest BCUT2D eigenvalue weighted by Gasteiger charge is 2.26. The molecule has 0 saturated heterocycles. The standard InChI is InChI=1S/C22H19ClF3N5O4S/c1-35-22-17(8-11(23)9-28-22)36(33,34)31-15-5-4-14(24)18(20(15)26)13-3-2-12-16(10-27-6-7-32)29-30-21(12)19(13)25/h2-5,8-9,27,31-32H,6-7,10H2,1H3,(H,29,30). The van der Waals surface area contributed by atoms with Crippen LogP contribution in [0.25, 0.3) is 22.0 Å². The Bertz CT molecular complexity index is 1550. The summed E-state index contributed by atoms with van der Waals surface area (Å²) < 4.78 is 78.3. The molecule has 36 heavy (non-hydrogen) atoms. The number of aliphatic hydroxyl groups excluding tert-OH is 1. The maximum absolute atomic E-state index is 15.5. The molecule has 0 saturated carbocycles. The number of benzene rings is 2. The maximum Gasteiger partial charge on any atom is 0.267 e. The van der Waals surface area contributed by atoms with Crippen molar-refractivity contribution in [1.82, 2.24) is 20.5 Å². The molecule has 0 aliphatic rings. The van der Waals surface area contributed by atoms with Crippen LogP contribution in [0.2, 0.25) is 5.02 Å². The molecule has 0 unspecified atom stereocenters. The number of ether oxygens (including phenoxy) is 1. The van der Waals surface area contributed by atoms with Gasteiger partial charge in [-0.1, -0.05) is 23.7 Å². The quantitative estimate of drug-likeness (QED) is 0.238. The van der Waals surface area contributed by atoms with E-state index in [-0.39, 0.29) is 29.6 Å². The van der Waals surface area contributed by atoms with E-state index < -0.39 is 49.2 Å². The highest BCUT2D eigenvalue weighted by atomic mass is 35.5. The van der Waals surface area contributed by atoms with Crippen LogP contribution in [-0.4, -0.2) is 49.0 Å². The minimum atomic E-state index is -4.48. The summed E-state index contributed by atoms with van der Waals surface area (Å²) in [6.45, 7) is 0.423. The van der Waals surface area contributed by atoms with Gasteiger partial charge in [0.1, 0.15) is 11.3 Å². The molecule has 4 aromatic rings. The third-order valence-corrected chi connectivity index (χ3v) is 6.78. The zero-order chi connectivity index (χ0) is 26.0. The van der Waals surface area contributed by atoms with E-state index in [4.69, 9.17) is 21.4 Å². The molecule has 0 spiro atoms. The Labute approximate surface area is 208 Å². The predicted octanol–water partition coefficient (Wildman–Crippen LogP) is 3.59. The summed E-state index contributed by atoms with van der Waals surface area (Å²) in [7, 11) is -3.30. The third kappa shape index (κ3) is 4.82. The van der Waals surface area contributed by atoms with E-state index in [1.165, 1.54) is 25.4 Å². The van der Waals surface area contributed by atoms with E-state index in [1.807, 2.05) is 4.72 Å². The van der Waals surface area contributed by atoms with Crippen LogP contribution in [0.4, 0.5) is 18.9 Å². The van der Waals surface area contributed by atoms with Gasteiger partial charge in [-0.15, -0.1) is 0 Å². The number of H-pyrrole nitrogens is 1. The van der Waals surface area contributed by atoms with Gasteiger partial charge in [-0.05, 0) is 18.2 Å². The van der Waals surface area contributed by atoms with E-state index >= 15 is 8.78 Å². The molecule has 4 rings (SSSR count). The molecule has 2 heterocycles. The first-order valence-corrected chi connectivity index (χ1v) is 12.2. The lowest BCUT2D eigenvalue weighted by atomic mass is 10.0. The van der Waals surface area contributed by atoms with Gasteiger partial charge in [-0.2, -0.15) is 5.10 Å². The predicted molar refractivity (Wildman–Crippen MR) is 127 cm³/mol. The lowest BCUT2D eigenvalue weighted by molar-refractivity contribution is 0.292. The van der Waals surface area contributed by atoms with Crippen LogP contribution < -0.4 is 14.8 Å². The van der Waals surface area contributed by atoms with Crippen LogP contribution in [0, 0.1) is 17.5 Å². The molecule has 9 nitrogen and oxygen atoms in total. The number of anilines is 1. The number of aliphatic hydroxyl groups is 1. The fourth-order valence-electron chi connectivity index (χ4n) is 3.56. The Morgan fingerprint density at radius 3 is 2.67 bits per heavy atom. The molecular weight excluding hydrogens is 523 g/mol. The van der Waals surface area contributed by atoms with Crippen molar-refractivity contribution in [3.63, 3.8) is 0 Å². The molecule has 190 valence electrons. The van der Waals surface area contributed by atoms with Crippen LogP contribution in [0.1, 0.15) is 5.69 Å². The zero-order valence-corrected chi connectivity index (χ0v) is 20.1. The molecule has 0 aliphatic carbocycles. The highest BCUT2D eigenvalue weighted by molar-refractivity contribution is 7.92. The summed E-state index contributed by atoms with van der Waals surface area (Å²) in [4.78, 5) is 3.29. The monoisotopic (exact) mass is 541 g/mol. The lowest BCUT2D eigenvalue weighted by Gasteiger charge is -2.14. The van der Waals surface area contributed by atoms with Crippen molar-refractivity contribution in [2.45, 2.75) is 11.4 Å². The Morgan fingerprint density at radius 1 is 1.17 bits per heavy atom. The highest BCUT2D eigenvalue weighted by Crippen LogP contribution is 2.36. The van der Waals surface area contributed by atoms with Crippen molar-refractivity contribution in [3.05, 3.63) is 64.7 Å². The van der Waals surface area contributed by atoms with Crippen LogP contribution in [0.3, 0.4) is 0 Å². The first kappa shape index (κ1) is 25.7. The normalized spacial score (nSPS) is 11.7. The van der Waals surface area contributed by atoms with Crippen molar-refractivity contribution >= 4 is 38.2 Å². The first-order valence-electron chi connectivity index (χ1n) is 10.4. The number of aromatic amines is 1. The summed E-state index contributed by atoms with van der Waals surface area (Å²) >= 11 is 5.84. The average molecular weight is 542 g/mol. The number of pyridine rings is 1. The third-order valence-electron chi connectivity index (χ3n) is 5.21. The lowest BCUT2D eigenvalue weighted by Crippen LogP contribution is -2.17. The largest absolute Gasteiger partial charge is 0.480 e. The smallest absolute Gasteiger partial charge is 0.267 e. The van der Waals surface area contributed by atoms with Crippen molar-refractivity contribution < 1.29 is 31.4 Å². The minimum Gasteiger partial charge on any atom is -0.480 e. The van der Waals surface area contributed by atoms with Crippen LogP contribution in [-0.2, 0) is 16.6 Å². The minimum absolute atomic E-state index is 0.0164. The van der Waals surface area contributed by atoms with Crippen LogP contribution >= 0.6 is 11.6 Å². The number of methoxy groups -OCH3 is 1. The van der Waals surface area contributed by atoms with Crippen molar-refractivity contribution in [3.8, 4) is 17.0 Å². The van der Waals surface area contributed by atoms with E-state index in [1.54, 1.807) is 0 Å². The molecule has 14 heteroatoms. The number of rotatable bonds is 9. The van der Waals surface area contributed by atoms with Crippen LogP contribution in [0.5, 0.6) is 5.88 Å². The molecule has 4 N–H and O–H groups in total. The topological polar surface area (TPSA) is 129 Å². The van der Waals surface area contributed by atoms with Gasteiger partial charge in [-0.3, -0.25) is 9.82 Å². The number of nitrogens with one attached hydrogen (secondary N) is 3. The van der Waals surface area contributed by atoms with Crippen LogP contribution in [0.15, 0.2) is 41.4 Å². The SMILES string of the molecule is COc1ncc(Cl)cc1S(=O)(=O)Nc1ccc(F)c(-c2ccc3c(CNCCO)n[nH]c3c2F)c1F. The fourth-order valence-corrected chi connectivity index (χ4v) is 4.98. The average Bonchev–Trinajstić information content (AvgIpc) is 3.26.